The minimum atomic E-state index is 0. The predicted molar refractivity (Wildman–Crippen MR) is 133 cm³/mol. The molecule has 2 nitrogen and oxygen atoms in total. The second kappa shape index (κ2) is 20.1. The summed E-state index contributed by atoms with van der Waals surface area (Å²) in [6.45, 7) is 12.4. The van der Waals surface area contributed by atoms with Crippen LogP contribution < -0.4 is 0 Å². The Morgan fingerprint density at radius 2 is 0.867 bits per heavy atom. The third kappa shape index (κ3) is 14.2. The van der Waals surface area contributed by atoms with E-state index in [9.17, 15) is 0 Å². The lowest BCUT2D eigenvalue weighted by Gasteiger charge is -2.39. The van der Waals surface area contributed by atoms with Crippen LogP contribution in [0.5, 0.6) is 0 Å². The van der Waals surface area contributed by atoms with Gasteiger partial charge in [0.1, 0.15) is 6.54 Å². The quantitative estimate of drug-likeness (QED) is 0.153. The first-order valence-electron chi connectivity index (χ1n) is 13.2. The second-order valence-electron chi connectivity index (χ2n) is 9.40. The molecule has 0 saturated carbocycles. The summed E-state index contributed by atoms with van der Waals surface area (Å²) in [5.74, 6) is 0. The summed E-state index contributed by atoms with van der Waals surface area (Å²) in [5.41, 5.74) is 1.54. The van der Waals surface area contributed by atoms with Gasteiger partial charge in [-0.25, -0.2) is 0 Å². The molecule has 1 aromatic carbocycles. The standard InChI is InChI=1S/C28H52N.H2O/c1-4-7-10-13-19-24-29(25-20-14-11-8-5-2,26-21-15-12-9-6-3)27-28-22-17-16-18-23-28;/h16-18,22-23H,4-15,19-21,24-27H2,1-3H3;1H2/q+1;/p-1. The highest BCUT2D eigenvalue weighted by molar-refractivity contribution is 5.13. The third-order valence-corrected chi connectivity index (χ3v) is 6.57. The summed E-state index contributed by atoms with van der Waals surface area (Å²) in [6.07, 6.45) is 21.1. The minimum Gasteiger partial charge on any atom is -0.870 e. The molecule has 0 heterocycles. The van der Waals surface area contributed by atoms with Crippen LogP contribution in [0.15, 0.2) is 30.3 Å². The van der Waals surface area contributed by atoms with Gasteiger partial charge in [0, 0.05) is 5.56 Å². The van der Waals surface area contributed by atoms with Crippen LogP contribution in [0.2, 0.25) is 0 Å². The van der Waals surface area contributed by atoms with Gasteiger partial charge in [-0.05, 0) is 38.5 Å². The van der Waals surface area contributed by atoms with Crippen molar-refractivity contribution in [1.29, 1.82) is 0 Å². The van der Waals surface area contributed by atoms with Crippen molar-refractivity contribution in [3.63, 3.8) is 0 Å². The fraction of sp³-hybridized carbons (Fsp3) is 0.786. The molecule has 0 radical (unpaired) electrons. The van der Waals surface area contributed by atoms with Crippen LogP contribution in [0.25, 0.3) is 0 Å². The molecule has 0 aliphatic rings. The molecule has 30 heavy (non-hydrogen) atoms. The molecule has 0 unspecified atom stereocenters. The highest BCUT2D eigenvalue weighted by atomic mass is 16.0. The molecule has 1 aromatic rings. The molecule has 2 heteroatoms. The predicted octanol–water partition coefficient (Wildman–Crippen LogP) is 8.74. The molecule has 0 saturated heterocycles. The number of benzene rings is 1. The van der Waals surface area contributed by atoms with E-state index in [1.165, 1.54) is 127 Å². The highest BCUT2D eigenvalue weighted by Gasteiger charge is 2.26. The van der Waals surface area contributed by atoms with Crippen molar-refractivity contribution >= 4 is 0 Å². The van der Waals surface area contributed by atoms with Crippen LogP contribution in [0.1, 0.15) is 123 Å². The zero-order valence-electron chi connectivity index (χ0n) is 20.7. The van der Waals surface area contributed by atoms with Gasteiger partial charge < -0.3 is 9.96 Å². The van der Waals surface area contributed by atoms with Gasteiger partial charge in [-0.3, -0.25) is 0 Å². The Bertz CT molecular complexity index is 423. The molecular weight excluding hydrogens is 366 g/mol. The molecule has 1 rings (SSSR count). The van der Waals surface area contributed by atoms with E-state index < -0.39 is 0 Å². The Morgan fingerprint density at radius 3 is 1.23 bits per heavy atom. The maximum absolute atomic E-state index is 2.36. The molecule has 0 bridgehead atoms. The number of rotatable bonds is 20. The van der Waals surface area contributed by atoms with Crippen LogP contribution in [-0.2, 0) is 6.54 Å². The molecule has 0 aliphatic carbocycles. The first kappa shape index (κ1) is 29.1. The first-order valence-corrected chi connectivity index (χ1v) is 13.2. The van der Waals surface area contributed by atoms with Gasteiger partial charge in [0.2, 0.25) is 0 Å². The molecule has 1 N–H and O–H groups in total. The minimum absolute atomic E-state index is 0. The lowest BCUT2D eigenvalue weighted by atomic mass is 10.1. The first-order chi connectivity index (χ1) is 14.3. The average molecular weight is 420 g/mol. The van der Waals surface area contributed by atoms with Gasteiger partial charge in [0.05, 0.1) is 19.6 Å². The van der Waals surface area contributed by atoms with Crippen LogP contribution in [0.4, 0.5) is 0 Å². The van der Waals surface area contributed by atoms with E-state index in [4.69, 9.17) is 0 Å². The van der Waals surface area contributed by atoms with Gasteiger partial charge in [-0.1, -0.05) is 109 Å². The molecule has 0 aromatic heterocycles. The normalized spacial score (nSPS) is 11.4. The smallest absolute Gasteiger partial charge is 0.104 e. The second-order valence-corrected chi connectivity index (χ2v) is 9.40. The SMILES string of the molecule is CCCCCCC[N+](CCCCCCC)(CCCCCCC)Cc1ccccc1.[OH-]. The summed E-state index contributed by atoms with van der Waals surface area (Å²) in [6, 6.07) is 11.3. The van der Waals surface area contributed by atoms with Crippen LogP contribution >= 0.6 is 0 Å². The fourth-order valence-electron chi connectivity index (χ4n) is 4.70. The van der Waals surface area contributed by atoms with Crippen molar-refractivity contribution in [1.82, 2.24) is 0 Å². The van der Waals surface area contributed by atoms with Crippen molar-refractivity contribution in [3.05, 3.63) is 35.9 Å². The van der Waals surface area contributed by atoms with Crippen LogP contribution in [0.3, 0.4) is 0 Å². The Morgan fingerprint density at radius 1 is 0.500 bits per heavy atom. The maximum atomic E-state index is 2.36. The van der Waals surface area contributed by atoms with E-state index in [1.54, 1.807) is 5.56 Å². The van der Waals surface area contributed by atoms with E-state index in [0.717, 1.165) is 0 Å². The van der Waals surface area contributed by atoms with Crippen molar-refractivity contribution in [2.45, 2.75) is 124 Å². The average Bonchev–Trinajstić information content (AvgIpc) is 2.74. The number of unbranched alkanes of at least 4 members (excludes halogenated alkanes) is 12. The molecule has 0 atom stereocenters. The van der Waals surface area contributed by atoms with Crippen LogP contribution in [-0.4, -0.2) is 29.6 Å². The third-order valence-electron chi connectivity index (χ3n) is 6.57. The Labute approximate surface area is 189 Å². The van der Waals surface area contributed by atoms with Crippen molar-refractivity contribution < 1.29 is 9.96 Å². The number of hydrogen-bond acceptors (Lipinski definition) is 1. The fourth-order valence-corrected chi connectivity index (χ4v) is 4.70. The number of hydrogen-bond donors (Lipinski definition) is 0. The summed E-state index contributed by atoms with van der Waals surface area (Å²) in [7, 11) is 0. The lowest BCUT2D eigenvalue weighted by molar-refractivity contribution is -0.941. The van der Waals surface area contributed by atoms with Crippen molar-refractivity contribution in [2.75, 3.05) is 19.6 Å². The summed E-state index contributed by atoms with van der Waals surface area (Å²) in [5, 5.41) is 0. The van der Waals surface area contributed by atoms with Crippen LogP contribution in [0, 0.1) is 0 Å². The van der Waals surface area contributed by atoms with Crippen molar-refractivity contribution in [2.24, 2.45) is 0 Å². The van der Waals surface area contributed by atoms with Gasteiger partial charge in [-0.2, -0.15) is 0 Å². The lowest BCUT2D eigenvalue weighted by Crippen LogP contribution is -2.49. The van der Waals surface area contributed by atoms with E-state index in [1.807, 2.05) is 0 Å². The van der Waals surface area contributed by atoms with Gasteiger partial charge >= 0.3 is 0 Å². The Balaban J connectivity index is 0.00000841. The topological polar surface area (TPSA) is 30.0 Å². The Hall–Kier alpha value is -0.860. The van der Waals surface area contributed by atoms with E-state index in [-0.39, 0.29) is 5.48 Å². The van der Waals surface area contributed by atoms with Crippen molar-refractivity contribution in [3.8, 4) is 0 Å². The molecule has 0 spiro atoms. The molecule has 176 valence electrons. The van der Waals surface area contributed by atoms with Gasteiger partial charge in [0.25, 0.3) is 0 Å². The van der Waals surface area contributed by atoms with E-state index in [2.05, 4.69) is 51.1 Å². The molecule has 0 amide bonds. The zero-order chi connectivity index (χ0) is 21.0. The van der Waals surface area contributed by atoms with E-state index in [0.29, 0.717) is 0 Å². The van der Waals surface area contributed by atoms with Gasteiger partial charge in [0.15, 0.2) is 0 Å². The molecule has 0 aliphatic heterocycles. The van der Waals surface area contributed by atoms with Gasteiger partial charge in [-0.15, -0.1) is 0 Å². The summed E-state index contributed by atoms with van der Waals surface area (Å²) >= 11 is 0. The zero-order valence-corrected chi connectivity index (χ0v) is 20.7. The van der Waals surface area contributed by atoms with E-state index >= 15 is 0 Å². The molecule has 0 fully saturated rings. The number of quaternary nitrogens is 1. The molecular formula is C28H53NO. The Kier molecular flexibility index (Phi) is 19.5. The maximum Gasteiger partial charge on any atom is 0.104 e. The highest BCUT2D eigenvalue weighted by Crippen LogP contribution is 2.22. The summed E-state index contributed by atoms with van der Waals surface area (Å²) in [4.78, 5) is 0. The monoisotopic (exact) mass is 419 g/mol. The largest absolute Gasteiger partial charge is 0.870 e. The summed E-state index contributed by atoms with van der Waals surface area (Å²) < 4.78 is 1.34. The number of nitrogens with zero attached hydrogens (tertiary/aromatic N) is 1.